The molecule has 18 heavy (non-hydrogen) atoms. The lowest BCUT2D eigenvalue weighted by Crippen LogP contribution is -2.37. The van der Waals surface area contributed by atoms with Gasteiger partial charge in [0.1, 0.15) is 0 Å². The van der Waals surface area contributed by atoms with Gasteiger partial charge in [0.05, 0.1) is 0 Å². The molecule has 1 aromatic rings. The van der Waals surface area contributed by atoms with E-state index in [1.54, 1.807) is 12.4 Å². The smallest absolute Gasteiger partial charge is 0.314 e. The Balaban J connectivity index is 2.05. The van der Waals surface area contributed by atoms with Gasteiger partial charge in [-0.15, -0.1) is 0 Å². The molecule has 0 saturated carbocycles. The molecule has 0 atom stereocenters. The summed E-state index contributed by atoms with van der Waals surface area (Å²) in [6.07, 6.45) is 4.66. The van der Waals surface area contributed by atoms with E-state index in [0.29, 0.717) is 19.5 Å². The van der Waals surface area contributed by atoms with Crippen LogP contribution in [0.1, 0.15) is 18.4 Å². The highest BCUT2D eigenvalue weighted by Crippen LogP contribution is 1.95. The predicted molar refractivity (Wildman–Crippen MR) is 66.2 cm³/mol. The number of nitrogens with zero attached hydrogens (tertiary/aromatic N) is 1. The van der Waals surface area contributed by atoms with Crippen LogP contribution in [0.3, 0.4) is 0 Å². The number of carbonyl (C=O) groups is 2. The SMILES string of the molecule is O=C(O)CCCNC(=O)NCCc1ccncc1. The first-order valence-electron chi connectivity index (χ1n) is 5.81. The third-order valence-corrected chi connectivity index (χ3v) is 2.30. The second-order valence-corrected chi connectivity index (χ2v) is 3.79. The molecule has 1 aromatic heterocycles. The standard InChI is InChI=1S/C12H17N3O3/c16-11(17)2-1-6-14-12(18)15-9-5-10-3-7-13-8-4-10/h3-4,7-8H,1-2,5-6,9H2,(H,16,17)(H2,14,15,18). The Morgan fingerprint density at radius 3 is 2.50 bits per heavy atom. The van der Waals surface area contributed by atoms with Crippen molar-refractivity contribution in [3.63, 3.8) is 0 Å². The Bertz CT molecular complexity index is 381. The fourth-order valence-corrected chi connectivity index (χ4v) is 1.37. The molecule has 1 heterocycles. The van der Waals surface area contributed by atoms with E-state index in [4.69, 9.17) is 5.11 Å². The maximum absolute atomic E-state index is 11.3. The maximum atomic E-state index is 11.3. The highest BCUT2D eigenvalue weighted by molar-refractivity contribution is 5.73. The number of aromatic nitrogens is 1. The lowest BCUT2D eigenvalue weighted by atomic mass is 10.2. The number of pyridine rings is 1. The van der Waals surface area contributed by atoms with Gasteiger partial charge in [0, 0.05) is 31.9 Å². The third-order valence-electron chi connectivity index (χ3n) is 2.30. The molecule has 98 valence electrons. The van der Waals surface area contributed by atoms with Crippen molar-refractivity contribution in [2.45, 2.75) is 19.3 Å². The minimum atomic E-state index is -0.852. The molecule has 0 radical (unpaired) electrons. The molecule has 1 rings (SSSR count). The van der Waals surface area contributed by atoms with Crippen LogP contribution >= 0.6 is 0 Å². The van der Waals surface area contributed by atoms with Crippen molar-refractivity contribution in [1.29, 1.82) is 0 Å². The number of carboxylic acids is 1. The summed E-state index contributed by atoms with van der Waals surface area (Å²) in [5, 5.41) is 13.7. The topological polar surface area (TPSA) is 91.3 Å². The largest absolute Gasteiger partial charge is 0.481 e. The molecular weight excluding hydrogens is 234 g/mol. The van der Waals surface area contributed by atoms with Crippen molar-refractivity contribution in [2.75, 3.05) is 13.1 Å². The average molecular weight is 251 g/mol. The molecule has 0 spiro atoms. The second kappa shape index (κ2) is 8.05. The highest BCUT2D eigenvalue weighted by atomic mass is 16.4. The van der Waals surface area contributed by atoms with Gasteiger partial charge >= 0.3 is 12.0 Å². The molecule has 0 aliphatic rings. The minimum Gasteiger partial charge on any atom is -0.481 e. The molecule has 2 amide bonds. The number of hydrogen-bond acceptors (Lipinski definition) is 3. The number of aliphatic carboxylic acids is 1. The van der Waals surface area contributed by atoms with E-state index in [2.05, 4.69) is 15.6 Å². The number of hydrogen-bond donors (Lipinski definition) is 3. The first-order valence-corrected chi connectivity index (χ1v) is 5.81. The lowest BCUT2D eigenvalue weighted by molar-refractivity contribution is -0.137. The average Bonchev–Trinajstić information content (AvgIpc) is 2.36. The Hall–Kier alpha value is -2.11. The van der Waals surface area contributed by atoms with E-state index in [1.165, 1.54) is 0 Å². The number of nitrogens with one attached hydrogen (secondary N) is 2. The van der Waals surface area contributed by atoms with E-state index in [-0.39, 0.29) is 12.5 Å². The van der Waals surface area contributed by atoms with Crippen LogP contribution in [0, 0.1) is 0 Å². The highest BCUT2D eigenvalue weighted by Gasteiger charge is 2.00. The van der Waals surface area contributed by atoms with Crippen LogP contribution in [0.4, 0.5) is 4.79 Å². The monoisotopic (exact) mass is 251 g/mol. The number of carbonyl (C=O) groups excluding carboxylic acids is 1. The van der Waals surface area contributed by atoms with Crippen molar-refractivity contribution in [3.8, 4) is 0 Å². The Morgan fingerprint density at radius 2 is 1.83 bits per heavy atom. The number of rotatable bonds is 7. The van der Waals surface area contributed by atoms with E-state index in [1.807, 2.05) is 12.1 Å². The Labute approximate surface area is 105 Å². The summed E-state index contributed by atoms with van der Waals surface area (Å²) in [6.45, 7) is 0.905. The van der Waals surface area contributed by atoms with Crippen LogP contribution in [-0.4, -0.2) is 35.2 Å². The molecule has 0 saturated heterocycles. The first kappa shape index (κ1) is 14.0. The number of amides is 2. The molecule has 0 fully saturated rings. The molecule has 3 N–H and O–H groups in total. The molecule has 0 unspecified atom stereocenters. The normalized spacial score (nSPS) is 9.78. The molecule has 0 aliphatic carbocycles. The van der Waals surface area contributed by atoms with Gasteiger partial charge in [-0.1, -0.05) is 0 Å². The lowest BCUT2D eigenvalue weighted by Gasteiger charge is -2.06. The Morgan fingerprint density at radius 1 is 1.17 bits per heavy atom. The zero-order valence-electron chi connectivity index (χ0n) is 10.1. The summed E-state index contributed by atoms with van der Waals surface area (Å²) in [6, 6.07) is 3.52. The van der Waals surface area contributed by atoms with Crippen molar-refractivity contribution in [2.24, 2.45) is 0 Å². The van der Waals surface area contributed by atoms with Crippen LogP contribution in [0.2, 0.25) is 0 Å². The first-order chi connectivity index (χ1) is 8.68. The summed E-state index contributed by atoms with van der Waals surface area (Å²) < 4.78 is 0. The number of urea groups is 1. The van der Waals surface area contributed by atoms with E-state index in [9.17, 15) is 9.59 Å². The van der Waals surface area contributed by atoms with Crippen molar-refractivity contribution < 1.29 is 14.7 Å². The van der Waals surface area contributed by atoms with Gasteiger partial charge in [-0.2, -0.15) is 0 Å². The fraction of sp³-hybridized carbons (Fsp3) is 0.417. The van der Waals surface area contributed by atoms with Crippen LogP contribution in [0.15, 0.2) is 24.5 Å². The van der Waals surface area contributed by atoms with E-state index >= 15 is 0 Å². The molecule has 0 bridgehead atoms. The minimum absolute atomic E-state index is 0.0668. The quantitative estimate of drug-likeness (QED) is 0.625. The zero-order chi connectivity index (χ0) is 13.2. The van der Waals surface area contributed by atoms with Gasteiger partial charge in [-0.25, -0.2) is 4.79 Å². The summed E-state index contributed by atoms with van der Waals surface area (Å²) in [7, 11) is 0. The molecule has 0 aliphatic heterocycles. The fourth-order valence-electron chi connectivity index (χ4n) is 1.37. The summed E-state index contributed by atoms with van der Waals surface area (Å²) in [5.41, 5.74) is 1.11. The van der Waals surface area contributed by atoms with Crippen LogP contribution < -0.4 is 10.6 Å². The van der Waals surface area contributed by atoms with Crippen LogP contribution in [0.25, 0.3) is 0 Å². The molecule has 6 heteroatoms. The molecule has 6 nitrogen and oxygen atoms in total. The van der Waals surface area contributed by atoms with Crippen LogP contribution in [0.5, 0.6) is 0 Å². The third kappa shape index (κ3) is 6.47. The van der Waals surface area contributed by atoms with Crippen molar-refractivity contribution in [1.82, 2.24) is 15.6 Å². The van der Waals surface area contributed by atoms with Gasteiger partial charge in [-0.3, -0.25) is 9.78 Å². The van der Waals surface area contributed by atoms with Gasteiger partial charge in [-0.05, 0) is 30.5 Å². The molecule has 0 aromatic carbocycles. The Kier molecular flexibility index (Phi) is 6.24. The van der Waals surface area contributed by atoms with Gasteiger partial charge < -0.3 is 15.7 Å². The number of carboxylic acid groups (broad SMARTS) is 1. The predicted octanol–water partition coefficient (Wildman–Crippen LogP) is 0.788. The van der Waals surface area contributed by atoms with Crippen LogP contribution in [-0.2, 0) is 11.2 Å². The van der Waals surface area contributed by atoms with Gasteiger partial charge in [0.15, 0.2) is 0 Å². The summed E-state index contributed by atoms with van der Waals surface area (Å²) in [4.78, 5) is 25.4. The second-order valence-electron chi connectivity index (χ2n) is 3.79. The van der Waals surface area contributed by atoms with Gasteiger partial charge in [0.2, 0.25) is 0 Å². The van der Waals surface area contributed by atoms with Crippen molar-refractivity contribution >= 4 is 12.0 Å². The summed E-state index contributed by atoms with van der Waals surface area (Å²) >= 11 is 0. The van der Waals surface area contributed by atoms with Crippen molar-refractivity contribution in [3.05, 3.63) is 30.1 Å². The van der Waals surface area contributed by atoms with E-state index < -0.39 is 5.97 Å². The zero-order valence-corrected chi connectivity index (χ0v) is 10.1. The summed E-state index contributed by atoms with van der Waals surface area (Å²) in [5.74, 6) is -0.852. The maximum Gasteiger partial charge on any atom is 0.314 e. The van der Waals surface area contributed by atoms with E-state index in [0.717, 1.165) is 12.0 Å². The molecular formula is C12H17N3O3. The van der Waals surface area contributed by atoms with Gasteiger partial charge in [0.25, 0.3) is 0 Å².